The molecule has 1 aromatic rings. The van der Waals surface area contributed by atoms with Gasteiger partial charge in [-0.05, 0) is 66.2 Å². The fraction of sp³-hybridized carbons (Fsp3) is 0.600. The fourth-order valence-electron chi connectivity index (χ4n) is 3.69. The standard InChI is InChI=1S/C15H20BrN3O2/c16-12-9-10(6-7-15(12)19(20)21)18-14-4-1-3-11(14)13-5-2-8-17-13/h6-7,9,11,13-14,17-18H,1-5,8H2. The maximum absolute atomic E-state index is 10.9. The Kier molecular flexibility index (Phi) is 4.45. The van der Waals surface area contributed by atoms with Crippen LogP contribution in [0.25, 0.3) is 0 Å². The lowest BCUT2D eigenvalue weighted by atomic mass is 9.93. The molecule has 1 aromatic carbocycles. The van der Waals surface area contributed by atoms with Crippen LogP contribution in [0.15, 0.2) is 22.7 Å². The molecule has 0 bridgehead atoms. The Bertz CT molecular complexity index is 532. The highest BCUT2D eigenvalue weighted by Crippen LogP contribution is 2.35. The van der Waals surface area contributed by atoms with Crippen molar-refractivity contribution in [2.75, 3.05) is 11.9 Å². The van der Waals surface area contributed by atoms with Gasteiger partial charge in [0.15, 0.2) is 0 Å². The molecule has 0 aromatic heterocycles. The molecule has 6 heteroatoms. The summed E-state index contributed by atoms with van der Waals surface area (Å²) < 4.78 is 0.533. The number of benzene rings is 1. The van der Waals surface area contributed by atoms with Crippen molar-refractivity contribution in [3.8, 4) is 0 Å². The van der Waals surface area contributed by atoms with Crippen molar-refractivity contribution >= 4 is 27.3 Å². The SMILES string of the molecule is O=[N+]([O-])c1ccc(NC2CCCC2C2CCCN2)cc1Br. The average Bonchev–Trinajstić information content (AvgIpc) is 3.08. The molecule has 3 unspecified atom stereocenters. The number of anilines is 1. The van der Waals surface area contributed by atoms with E-state index < -0.39 is 0 Å². The van der Waals surface area contributed by atoms with Crippen LogP contribution in [0, 0.1) is 16.0 Å². The fourth-order valence-corrected chi connectivity index (χ4v) is 4.21. The Labute approximate surface area is 132 Å². The van der Waals surface area contributed by atoms with Crippen molar-refractivity contribution in [2.45, 2.75) is 44.2 Å². The highest BCUT2D eigenvalue weighted by Gasteiger charge is 2.34. The number of nitro benzene ring substituents is 1. The molecule has 1 saturated heterocycles. The van der Waals surface area contributed by atoms with Gasteiger partial charge in [-0.2, -0.15) is 0 Å². The number of nitrogens with zero attached hydrogens (tertiary/aromatic N) is 1. The topological polar surface area (TPSA) is 67.2 Å². The predicted molar refractivity (Wildman–Crippen MR) is 86.6 cm³/mol. The maximum Gasteiger partial charge on any atom is 0.283 e. The molecule has 114 valence electrons. The number of rotatable bonds is 4. The minimum atomic E-state index is -0.366. The van der Waals surface area contributed by atoms with Crippen molar-refractivity contribution in [3.63, 3.8) is 0 Å². The van der Waals surface area contributed by atoms with E-state index in [0.29, 0.717) is 22.5 Å². The van der Waals surface area contributed by atoms with E-state index in [2.05, 4.69) is 26.6 Å². The molecule has 21 heavy (non-hydrogen) atoms. The quantitative estimate of drug-likeness (QED) is 0.639. The summed E-state index contributed by atoms with van der Waals surface area (Å²) in [6.07, 6.45) is 6.25. The minimum Gasteiger partial charge on any atom is -0.382 e. The first-order chi connectivity index (χ1) is 10.1. The van der Waals surface area contributed by atoms with Crippen molar-refractivity contribution in [2.24, 2.45) is 5.92 Å². The summed E-state index contributed by atoms with van der Waals surface area (Å²) in [5.41, 5.74) is 1.07. The second-order valence-corrected chi connectivity index (χ2v) is 6.83. The molecule has 2 fully saturated rings. The van der Waals surface area contributed by atoms with Crippen molar-refractivity contribution < 1.29 is 4.92 Å². The van der Waals surface area contributed by atoms with Gasteiger partial charge in [0.1, 0.15) is 0 Å². The first-order valence-corrected chi connectivity index (χ1v) is 8.38. The van der Waals surface area contributed by atoms with Crippen LogP contribution in [0.1, 0.15) is 32.1 Å². The lowest BCUT2D eigenvalue weighted by Gasteiger charge is -2.27. The van der Waals surface area contributed by atoms with E-state index in [9.17, 15) is 10.1 Å². The normalized spacial score (nSPS) is 28.7. The lowest BCUT2D eigenvalue weighted by molar-refractivity contribution is -0.385. The Morgan fingerprint density at radius 3 is 2.81 bits per heavy atom. The van der Waals surface area contributed by atoms with Gasteiger partial charge < -0.3 is 10.6 Å². The highest BCUT2D eigenvalue weighted by molar-refractivity contribution is 9.10. The molecule has 3 atom stereocenters. The number of nitrogens with one attached hydrogen (secondary N) is 2. The van der Waals surface area contributed by atoms with Gasteiger partial charge in [0.25, 0.3) is 5.69 Å². The predicted octanol–water partition coefficient (Wildman–Crippen LogP) is 3.69. The monoisotopic (exact) mass is 353 g/mol. The lowest BCUT2D eigenvalue weighted by Crippen LogP contribution is -2.38. The molecule has 2 aliphatic rings. The second-order valence-electron chi connectivity index (χ2n) is 5.97. The molecular weight excluding hydrogens is 334 g/mol. The first-order valence-electron chi connectivity index (χ1n) is 7.59. The third-order valence-corrected chi connectivity index (χ3v) is 5.32. The minimum absolute atomic E-state index is 0.112. The highest BCUT2D eigenvalue weighted by atomic mass is 79.9. The molecule has 0 radical (unpaired) electrons. The van der Waals surface area contributed by atoms with Crippen LogP contribution in [-0.4, -0.2) is 23.6 Å². The number of hydrogen-bond donors (Lipinski definition) is 2. The summed E-state index contributed by atoms with van der Waals surface area (Å²) in [7, 11) is 0. The van der Waals surface area contributed by atoms with E-state index in [-0.39, 0.29) is 10.6 Å². The van der Waals surface area contributed by atoms with E-state index >= 15 is 0 Å². The van der Waals surface area contributed by atoms with Crippen LogP contribution >= 0.6 is 15.9 Å². The van der Waals surface area contributed by atoms with E-state index in [0.717, 1.165) is 12.2 Å². The number of nitro groups is 1. The van der Waals surface area contributed by atoms with Crippen LogP contribution in [0.5, 0.6) is 0 Å². The third kappa shape index (κ3) is 3.21. The Hall–Kier alpha value is -1.14. The van der Waals surface area contributed by atoms with Crippen LogP contribution in [0.3, 0.4) is 0 Å². The molecule has 1 saturated carbocycles. The third-order valence-electron chi connectivity index (χ3n) is 4.68. The molecule has 2 N–H and O–H groups in total. The summed E-state index contributed by atoms with van der Waals surface area (Å²) in [4.78, 5) is 10.5. The summed E-state index contributed by atoms with van der Waals surface area (Å²) in [5, 5.41) is 18.0. The van der Waals surface area contributed by atoms with Gasteiger partial charge in [0, 0.05) is 23.8 Å². The van der Waals surface area contributed by atoms with Gasteiger partial charge in [0.05, 0.1) is 9.40 Å². The molecule has 0 spiro atoms. The van der Waals surface area contributed by atoms with Crippen molar-refractivity contribution in [3.05, 3.63) is 32.8 Å². The second kappa shape index (κ2) is 6.32. The van der Waals surface area contributed by atoms with Crippen LogP contribution in [0.2, 0.25) is 0 Å². The van der Waals surface area contributed by atoms with Crippen molar-refractivity contribution in [1.82, 2.24) is 5.32 Å². The zero-order valence-electron chi connectivity index (χ0n) is 11.8. The Morgan fingerprint density at radius 1 is 1.29 bits per heavy atom. The van der Waals surface area contributed by atoms with Gasteiger partial charge in [-0.1, -0.05) is 6.42 Å². The average molecular weight is 354 g/mol. The van der Waals surface area contributed by atoms with Gasteiger partial charge in [0.2, 0.25) is 0 Å². The van der Waals surface area contributed by atoms with Crippen LogP contribution in [0.4, 0.5) is 11.4 Å². The molecule has 1 aliphatic heterocycles. The number of hydrogen-bond acceptors (Lipinski definition) is 4. The molecule has 5 nitrogen and oxygen atoms in total. The van der Waals surface area contributed by atoms with Crippen molar-refractivity contribution in [1.29, 1.82) is 0 Å². The summed E-state index contributed by atoms with van der Waals surface area (Å²) in [6, 6.07) is 6.28. The zero-order valence-corrected chi connectivity index (χ0v) is 13.4. The van der Waals surface area contributed by atoms with E-state index in [1.165, 1.54) is 32.1 Å². The zero-order chi connectivity index (χ0) is 14.8. The number of halogens is 1. The van der Waals surface area contributed by atoms with Crippen LogP contribution in [-0.2, 0) is 0 Å². The molecule has 0 amide bonds. The summed E-state index contributed by atoms with van der Waals surface area (Å²) in [6.45, 7) is 1.14. The van der Waals surface area contributed by atoms with E-state index in [1.807, 2.05) is 6.07 Å². The van der Waals surface area contributed by atoms with Gasteiger partial charge >= 0.3 is 0 Å². The van der Waals surface area contributed by atoms with E-state index in [4.69, 9.17) is 0 Å². The molecule has 3 rings (SSSR count). The molecule has 1 heterocycles. The van der Waals surface area contributed by atoms with Gasteiger partial charge in [-0.25, -0.2) is 0 Å². The smallest absolute Gasteiger partial charge is 0.283 e. The molecule has 1 aliphatic carbocycles. The molecular formula is C15H20BrN3O2. The Balaban J connectivity index is 1.70. The van der Waals surface area contributed by atoms with Crippen LogP contribution < -0.4 is 10.6 Å². The Morgan fingerprint density at radius 2 is 2.14 bits per heavy atom. The maximum atomic E-state index is 10.9. The van der Waals surface area contributed by atoms with E-state index in [1.54, 1.807) is 12.1 Å². The summed E-state index contributed by atoms with van der Waals surface area (Å²) >= 11 is 3.28. The first kappa shape index (κ1) is 14.8. The largest absolute Gasteiger partial charge is 0.382 e. The summed E-state index contributed by atoms with van der Waals surface area (Å²) in [5.74, 6) is 0.668. The van der Waals surface area contributed by atoms with Gasteiger partial charge in [-0.15, -0.1) is 0 Å². The van der Waals surface area contributed by atoms with Gasteiger partial charge in [-0.3, -0.25) is 10.1 Å².